The zero-order chi connectivity index (χ0) is 11.5. The Hall–Kier alpha value is -0.0800. The Balaban J connectivity index is 2.03. The summed E-state index contributed by atoms with van der Waals surface area (Å²) in [6, 6.07) is 0.791. The largest absolute Gasteiger partial charge is 0.312 e. The fourth-order valence-electron chi connectivity index (χ4n) is 1.93. The van der Waals surface area contributed by atoms with Gasteiger partial charge in [-0.25, -0.2) is 0 Å². The molecule has 1 rings (SSSR count). The summed E-state index contributed by atoms with van der Waals surface area (Å²) in [4.78, 5) is 2.52. The molecule has 0 aromatic rings. The number of hydrogen-bond donors (Lipinski definition) is 1. The molecule has 0 heterocycles. The molecule has 1 unspecified atom stereocenters. The fraction of sp³-hybridized carbons (Fsp3) is 1.00. The average Bonchev–Trinajstić information content (AvgIpc) is 2.92. The van der Waals surface area contributed by atoms with Crippen LogP contribution in [-0.4, -0.2) is 36.6 Å². The molecule has 0 aromatic carbocycles. The van der Waals surface area contributed by atoms with Crippen molar-refractivity contribution in [1.29, 1.82) is 0 Å². The highest BCUT2D eigenvalue weighted by atomic mass is 15.1. The summed E-state index contributed by atoms with van der Waals surface area (Å²) in [5.41, 5.74) is 0.265. The Morgan fingerprint density at radius 2 is 1.93 bits per heavy atom. The Bertz CT molecular complexity index is 179. The molecule has 1 N–H and O–H groups in total. The third-order valence-corrected chi connectivity index (χ3v) is 3.34. The smallest absolute Gasteiger partial charge is 0.00965 e. The van der Waals surface area contributed by atoms with Gasteiger partial charge in [0.15, 0.2) is 0 Å². The van der Waals surface area contributed by atoms with Crippen molar-refractivity contribution in [3.05, 3.63) is 0 Å². The lowest BCUT2D eigenvalue weighted by atomic mass is 10.1. The van der Waals surface area contributed by atoms with Crippen molar-refractivity contribution in [1.82, 2.24) is 10.2 Å². The van der Waals surface area contributed by atoms with Gasteiger partial charge in [0.1, 0.15) is 0 Å². The third-order valence-electron chi connectivity index (χ3n) is 3.34. The molecule has 1 saturated carbocycles. The molecular formula is C13H28N2. The Morgan fingerprint density at radius 3 is 2.40 bits per heavy atom. The van der Waals surface area contributed by atoms with Crippen LogP contribution in [0.15, 0.2) is 0 Å². The van der Waals surface area contributed by atoms with Gasteiger partial charge in [0, 0.05) is 11.6 Å². The van der Waals surface area contributed by atoms with Gasteiger partial charge in [-0.1, -0.05) is 0 Å². The van der Waals surface area contributed by atoms with Gasteiger partial charge in [-0.05, 0) is 73.0 Å². The number of rotatable bonds is 6. The lowest BCUT2D eigenvalue weighted by molar-refractivity contribution is 0.228. The molecule has 0 saturated heterocycles. The summed E-state index contributed by atoms with van der Waals surface area (Å²) in [6.07, 6.45) is 4.16. The number of nitrogens with one attached hydrogen (secondary N) is 1. The molecule has 2 heteroatoms. The van der Waals surface area contributed by atoms with E-state index in [-0.39, 0.29) is 5.54 Å². The van der Waals surface area contributed by atoms with Crippen LogP contribution in [0.2, 0.25) is 0 Å². The van der Waals surface area contributed by atoms with Gasteiger partial charge in [0.2, 0.25) is 0 Å². The van der Waals surface area contributed by atoms with Gasteiger partial charge in [-0.15, -0.1) is 0 Å². The van der Waals surface area contributed by atoms with Crippen molar-refractivity contribution in [2.75, 3.05) is 20.1 Å². The van der Waals surface area contributed by atoms with Crippen molar-refractivity contribution < 1.29 is 0 Å². The molecular weight excluding hydrogens is 184 g/mol. The van der Waals surface area contributed by atoms with Crippen molar-refractivity contribution in [3.8, 4) is 0 Å². The summed E-state index contributed by atoms with van der Waals surface area (Å²) in [5.74, 6) is 0.991. The molecule has 2 nitrogen and oxygen atoms in total. The van der Waals surface area contributed by atoms with Crippen LogP contribution in [0.1, 0.15) is 47.0 Å². The maximum Gasteiger partial charge on any atom is 0.00965 e. The molecule has 15 heavy (non-hydrogen) atoms. The molecule has 0 bridgehead atoms. The number of nitrogens with zero attached hydrogens (tertiary/aromatic N) is 1. The Labute approximate surface area is 95.4 Å². The van der Waals surface area contributed by atoms with E-state index in [9.17, 15) is 0 Å². The van der Waals surface area contributed by atoms with Gasteiger partial charge in [0.05, 0.1) is 0 Å². The predicted molar refractivity (Wildman–Crippen MR) is 67.2 cm³/mol. The maximum atomic E-state index is 3.53. The highest BCUT2D eigenvalue weighted by Gasteiger charge is 2.29. The second kappa shape index (κ2) is 5.31. The van der Waals surface area contributed by atoms with E-state index in [0.29, 0.717) is 0 Å². The van der Waals surface area contributed by atoms with E-state index in [1.54, 1.807) is 0 Å². The van der Waals surface area contributed by atoms with E-state index in [2.05, 4.69) is 45.0 Å². The highest BCUT2D eigenvalue weighted by Crippen LogP contribution is 2.34. The van der Waals surface area contributed by atoms with E-state index in [1.165, 1.54) is 25.8 Å². The molecule has 90 valence electrons. The zero-order valence-electron chi connectivity index (χ0n) is 11.1. The second-order valence-corrected chi connectivity index (χ2v) is 6.09. The van der Waals surface area contributed by atoms with Gasteiger partial charge >= 0.3 is 0 Å². The van der Waals surface area contributed by atoms with E-state index in [0.717, 1.165) is 18.5 Å². The average molecular weight is 212 g/mol. The highest BCUT2D eigenvalue weighted by molar-refractivity contribution is 4.84. The standard InChI is InChI=1S/C13H28N2/c1-11(12-7-8-12)15(5)10-6-9-14-13(2,3)4/h11-12,14H,6-10H2,1-5H3. The molecule has 0 radical (unpaired) electrons. The van der Waals surface area contributed by atoms with Crippen LogP contribution in [-0.2, 0) is 0 Å². The van der Waals surface area contributed by atoms with Gasteiger partial charge in [-0.2, -0.15) is 0 Å². The van der Waals surface area contributed by atoms with Crippen LogP contribution < -0.4 is 5.32 Å². The first-order valence-electron chi connectivity index (χ1n) is 6.35. The Morgan fingerprint density at radius 1 is 1.33 bits per heavy atom. The van der Waals surface area contributed by atoms with Crippen LogP contribution in [0.25, 0.3) is 0 Å². The van der Waals surface area contributed by atoms with Gasteiger partial charge in [-0.3, -0.25) is 0 Å². The molecule has 0 amide bonds. The fourth-order valence-corrected chi connectivity index (χ4v) is 1.93. The molecule has 0 aliphatic heterocycles. The topological polar surface area (TPSA) is 15.3 Å². The lowest BCUT2D eigenvalue weighted by Crippen LogP contribution is -2.38. The summed E-state index contributed by atoms with van der Waals surface area (Å²) in [6.45, 7) is 11.4. The van der Waals surface area contributed by atoms with Crippen LogP contribution in [0.5, 0.6) is 0 Å². The zero-order valence-corrected chi connectivity index (χ0v) is 11.1. The summed E-state index contributed by atoms with van der Waals surface area (Å²) in [5, 5.41) is 3.53. The first kappa shape index (κ1) is 13.0. The van der Waals surface area contributed by atoms with E-state index in [4.69, 9.17) is 0 Å². The minimum atomic E-state index is 0.265. The van der Waals surface area contributed by atoms with Crippen molar-refractivity contribution in [3.63, 3.8) is 0 Å². The van der Waals surface area contributed by atoms with E-state index < -0.39 is 0 Å². The lowest BCUT2D eigenvalue weighted by Gasteiger charge is -2.26. The van der Waals surface area contributed by atoms with Gasteiger partial charge in [0.25, 0.3) is 0 Å². The SMILES string of the molecule is CC(C1CC1)N(C)CCCNC(C)(C)C. The first-order chi connectivity index (χ1) is 6.90. The minimum Gasteiger partial charge on any atom is -0.312 e. The predicted octanol–water partition coefficient (Wildman–Crippen LogP) is 2.49. The minimum absolute atomic E-state index is 0.265. The van der Waals surface area contributed by atoms with E-state index >= 15 is 0 Å². The first-order valence-corrected chi connectivity index (χ1v) is 6.35. The van der Waals surface area contributed by atoms with Crippen molar-refractivity contribution in [2.24, 2.45) is 5.92 Å². The van der Waals surface area contributed by atoms with Crippen molar-refractivity contribution in [2.45, 2.75) is 58.5 Å². The maximum absolute atomic E-state index is 3.53. The van der Waals surface area contributed by atoms with Crippen LogP contribution >= 0.6 is 0 Å². The van der Waals surface area contributed by atoms with Gasteiger partial charge < -0.3 is 10.2 Å². The molecule has 1 atom stereocenters. The second-order valence-electron chi connectivity index (χ2n) is 6.09. The molecule has 1 aliphatic carbocycles. The molecule has 1 aliphatic rings. The monoisotopic (exact) mass is 212 g/mol. The number of hydrogen-bond acceptors (Lipinski definition) is 2. The summed E-state index contributed by atoms with van der Waals surface area (Å²) in [7, 11) is 2.26. The normalized spacial score (nSPS) is 19.6. The van der Waals surface area contributed by atoms with Crippen molar-refractivity contribution >= 4 is 0 Å². The van der Waals surface area contributed by atoms with E-state index in [1.807, 2.05) is 0 Å². The quantitative estimate of drug-likeness (QED) is 0.681. The summed E-state index contributed by atoms with van der Waals surface area (Å²) >= 11 is 0. The van der Waals surface area contributed by atoms with Crippen LogP contribution in [0, 0.1) is 5.92 Å². The third kappa shape index (κ3) is 5.53. The molecule has 0 aromatic heterocycles. The molecule has 1 fully saturated rings. The Kier molecular flexibility index (Phi) is 4.60. The van der Waals surface area contributed by atoms with Crippen LogP contribution in [0.4, 0.5) is 0 Å². The van der Waals surface area contributed by atoms with Crippen LogP contribution in [0.3, 0.4) is 0 Å². The molecule has 0 spiro atoms. The summed E-state index contributed by atoms with van der Waals surface area (Å²) < 4.78 is 0.